The van der Waals surface area contributed by atoms with E-state index >= 15 is 0 Å². The number of aromatic carboxylic acids is 1. The highest BCUT2D eigenvalue weighted by Crippen LogP contribution is 2.44. The van der Waals surface area contributed by atoms with Crippen molar-refractivity contribution in [2.45, 2.75) is 16.6 Å². The number of nitrogens with zero attached hydrogens (tertiary/aromatic N) is 7. The number of hydrogen-bond acceptors (Lipinski definition) is 15. The molecule has 2 aliphatic heterocycles. The Balaban J connectivity index is 1.23. The van der Waals surface area contributed by atoms with Crippen LogP contribution in [0.3, 0.4) is 0 Å². The third kappa shape index (κ3) is 6.68. The Bertz CT molecular complexity index is 1700. The van der Waals surface area contributed by atoms with Crippen LogP contribution in [-0.4, -0.2) is 112 Å². The first-order valence-corrected chi connectivity index (χ1v) is 15.8. The number of β-lactam (4-membered cyclic amide) rings is 1. The van der Waals surface area contributed by atoms with Crippen molar-refractivity contribution in [1.29, 1.82) is 0 Å². The highest BCUT2D eigenvalue weighted by Gasteiger charge is 2.57. The van der Waals surface area contributed by atoms with Crippen LogP contribution in [0.1, 0.15) is 16.1 Å². The van der Waals surface area contributed by atoms with Gasteiger partial charge in [-0.25, -0.2) is 14.5 Å². The van der Waals surface area contributed by atoms with Gasteiger partial charge in [0.15, 0.2) is 17.5 Å². The lowest BCUT2D eigenvalue weighted by molar-refractivity contribution is -0.157. The highest BCUT2D eigenvalue weighted by molar-refractivity contribution is 8.00. The van der Waals surface area contributed by atoms with Crippen LogP contribution in [0.5, 0.6) is 0 Å². The van der Waals surface area contributed by atoms with Gasteiger partial charge in [0.1, 0.15) is 22.5 Å². The minimum absolute atomic E-state index is 0.0340. The Labute approximate surface area is 265 Å². The zero-order valence-corrected chi connectivity index (χ0v) is 25.6. The molecular weight excluding hydrogens is 653 g/mol. The molecule has 6 N–H and O–H groups in total. The summed E-state index contributed by atoms with van der Waals surface area (Å²) in [5.41, 5.74) is 4.04. The van der Waals surface area contributed by atoms with Crippen molar-refractivity contribution in [3.8, 4) is 0 Å². The molecule has 2 aliphatic rings. The summed E-state index contributed by atoms with van der Waals surface area (Å²) in [6.07, 6.45) is 0. The Kier molecular flexibility index (Phi) is 9.20. The number of benzene rings is 1. The number of thioether (sulfide) groups is 2. The maximum atomic E-state index is 13.3. The van der Waals surface area contributed by atoms with Crippen molar-refractivity contribution < 1.29 is 39.0 Å². The number of carboxylic acid groups (broad SMARTS) is 2. The van der Waals surface area contributed by atoms with Gasteiger partial charge in [0.05, 0.1) is 11.3 Å². The lowest BCUT2D eigenvalue weighted by Crippen LogP contribution is -2.74. The van der Waals surface area contributed by atoms with Crippen LogP contribution < -0.4 is 16.4 Å². The Morgan fingerprint density at radius 3 is 2.71 bits per heavy atom. The number of carbonyl (C=O) groups excluding carboxylic acids is 3. The van der Waals surface area contributed by atoms with Gasteiger partial charge in [-0.3, -0.25) is 19.2 Å². The summed E-state index contributed by atoms with van der Waals surface area (Å²) >= 11 is 3.41. The summed E-state index contributed by atoms with van der Waals surface area (Å²) < 4.78 is 1.42. The molecule has 5 rings (SSSR count). The molecule has 2 unspecified atom stereocenters. The molecule has 45 heavy (non-hydrogen) atoms. The summed E-state index contributed by atoms with van der Waals surface area (Å²) in [6, 6.07) is 4.78. The van der Waals surface area contributed by atoms with E-state index in [2.05, 4.69) is 36.3 Å². The lowest BCUT2D eigenvalue weighted by atomic mass is 9.89. The maximum absolute atomic E-state index is 13.3. The van der Waals surface area contributed by atoms with Crippen LogP contribution >= 0.6 is 34.9 Å². The van der Waals surface area contributed by atoms with Crippen LogP contribution in [0.15, 0.2) is 40.0 Å². The van der Waals surface area contributed by atoms with Crippen LogP contribution in [0.2, 0.25) is 0 Å². The largest absolute Gasteiger partial charge is 0.481 e. The van der Waals surface area contributed by atoms with Gasteiger partial charge in [-0.05, 0) is 22.6 Å². The molecule has 2 fully saturated rings. The molecule has 0 spiro atoms. The number of rotatable bonds is 12. The number of nitrogens with two attached hydrogens (primary N) is 1. The fourth-order valence-electron chi connectivity index (χ4n) is 4.38. The zero-order chi connectivity index (χ0) is 32.3. The number of anilines is 2. The average Bonchev–Trinajstić information content (AvgIpc) is 3.63. The molecule has 0 bridgehead atoms. The molecule has 0 aliphatic carbocycles. The number of carbonyl (C=O) groups is 5. The van der Waals surface area contributed by atoms with Crippen LogP contribution in [-0.2, 0) is 31.1 Å². The van der Waals surface area contributed by atoms with Crippen molar-refractivity contribution >= 4 is 81.1 Å². The Morgan fingerprint density at radius 2 is 2.04 bits per heavy atom. The van der Waals surface area contributed by atoms with E-state index in [1.807, 2.05) is 0 Å². The number of aromatic nitrogens is 5. The second kappa shape index (κ2) is 13.1. The zero-order valence-electron chi connectivity index (χ0n) is 23.1. The van der Waals surface area contributed by atoms with Crippen molar-refractivity contribution in [2.24, 2.45) is 17.6 Å². The number of fused-ring (bicyclic) bond motifs is 1. The number of oxime groups is 1. The molecule has 1 aromatic carbocycles. The molecule has 2 aromatic heterocycles. The van der Waals surface area contributed by atoms with E-state index in [1.165, 1.54) is 56.7 Å². The normalized spacial score (nSPS) is 21.0. The summed E-state index contributed by atoms with van der Waals surface area (Å²) in [7, 11) is 1.63. The third-order valence-electron chi connectivity index (χ3n) is 6.71. The predicted octanol–water partition coefficient (Wildman–Crippen LogP) is -0.430. The first-order valence-electron chi connectivity index (χ1n) is 12.8. The number of aryl methyl sites for hydroxylation is 1. The number of tetrazole rings is 1. The maximum Gasteiger partial charge on any atom is 0.337 e. The number of para-hydroxylation sites is 1. The number of aliphatic carboxylic acids is 1. The smallest absolute Gasteiger partial charge is 0.337 e. The number of hydrogen-bond donors (Lipinski definition) is 5. The number of nitrogen functional groups attached to an aromatic ring is 1. The van der Waals surface area contributed by atoms with Crippen LogP contribution in [0, 0.1) is 5.41 Å². The molecule has 3 amide bonds. The summed E-state index contributed by atoms with van der Waals surface area (Å²) in [4.78, 5) is 73.1. The molecule has 3 atom stereocenters. The topological polar surface area (TPSA) is 257 Å². The van der Waals surface area contributed by atoms with E-state index in [0.717, 1.165) is 11.3 Å². The first-order chi connectivity index (χ1) is 21.5. The number of thiazole rings is 1. The van der Waals surface area contributed by atoms with Gasteiger partial charge in [0.25, 0.3) is 11.8 Å². The van der Waals surface area contributed by atoms with Crippen molar-refractivity contribution in [3.63, 3.8) is 0 Å². The predicted molar refractivity (Wildman–Crippen MR) is 161 cm³/mol. The SMILES string of the molecule is Cn1nnnc1SCC1(C(=O)O)CS[C@@H]2C(NC(=O)C(=NOCC(=O)Nc3ccccc3C(=O)O)c3csc(N)n3)C(=O)N2C1. The van der Waals surface area contributed by atoms with E-state index in [4.69, 9.17) is 10.6 Å². The molecule has 3 aromatic rings. The molecular formula is C24H24N10O8S3. The van der Waals surface area contributed by atoms with E-state index < -0.39 is 53.1 Å². The molecule has 0 saturated carbocycles. The second-order valence-electron chi connectivity index (χ2n) is 9.76. The van der Waals surface area contributed by atoms with Gasteiger partial charge in [0, 0.05) is 30.5 Å². The molecule has 18 nitrogen and oxygen atoms in total. The molecule has 21 heteroatoms. The fourth-order valence-corrected chi connectivity index (χ4v) is 7.64. The van der Waals surface area contributed by atoms with Crippen LogP contribution in [0.4, 0.5) is 10.8 Å². The van der Waals surface area contributed by atoms with Crippen molar-refractivity contribution in [2.75, 3.05) is 35.7 Å². The van der Waals surface area contributed by atoms with E-state index in [0.29, 0.717) is 5.16 Å². The minimum atomic E-state index is -1.27. The lowest BCUT2D eigenvalue weighted by Gasteiger charge is -2.53. The highest BCUT2D eigenvalue weighted by atomic mass is 32.2. The van der Waals surface area contributed by atoms with Crippen LogP contribution in [0.25, 0.3) is 0 Å². The summed E-state index contributed by atoms with van der Waals surface area (Å²) in [6.45, 7) is -0.755. The van der Waals surface area contributed by atoms with E-state index in [9.17, 15) is 34.2 Å². The van der Waals surface area contributed by atoms with E-state index in [-0.39, 0.29) is 45.8 Å². The van der Waals surface area contributed by atoms with Gasteiger partial charge < -0.3 is 36.3 Å². The van der Waals surface area contributed by atoms with Gasteiger partial charge in [-0.1, -0.05) is 29.1 Å². The standard InChI is InChI=1S/C24H24N10O8S3/c1-33-23(29-31-32-33)45-10-24(21(40)41)8-34-18(37)16(19(34)44-9-24)28-17(36)15(13-7-43-22(25)27-13)30-42-6-14(35)26-12-5-3-2-4-11(12)20(38)39/h2-5,7,16,19H,6,8-10H2,1H3,(H2,25,27)(H,26,35)(H,28,36)(H,38,39)(H,40,41)/t16?,19-,24?/m1/s1. The quantitative estimate of drug-likeness (QED) is 0.0706. The Hall–Kier alpha value is -4.76. The van der Waals surface area contributed by atoms with Crippen molar-refractivity contribution in [3.05, 3.63) is 40.9 Å². The monoisotopic (exact) mass is 676 g/mol. The number of nitrogens with one attached hydrogen (secondary N) is 2. The third-order valence-corrected chi connectivity index (χ3v) is 10.3. The van der Waals surface area contributed by atoms with Gasteiger partial charge >= 0.3 is 11.9 Å². The van der Waals surface area contributed by atoms with Gasteiger partial charge in [-0.15, -0.1) is 28.2 Å². The molecule has 2 saturated heterocycles. The first kappa shape index (κ1) is 31.7. The summed E-state index contributed by atoms with van der Waals surface area (Å²) in [5, 5.41) is 40.8. The van der Waals surface area contributed by atoms with Crippen molar-refractivity contribution in [1.82, 2.24) is 35.4 Å². The van der Waals surface area contributed by atoms with Gasteiger partial charge in [-0.2, -0.15) is 0 Å². The average molecular weight is 677 g/mol. The molecule has 236 valence electrons. The fraction of sp³-hybridized carbons (Fsp3) is 0.333. The van der Waals surface area contributed by atoms with Gasteiger partial charge in [0.2, 0.25) is 11.1 Å². The minimum Gasteiger partial charge on any atom is -0.481 e. The Morgan fingerprint density at radius 1 is 1.27 bits per heavy atom. The number of carboxylic acids is 2. The molecule has 0 radical (unpaired) electrons. The molecule has 4 heterocycles. The number of amides is 3. The summed E-state index contributed by atoms with van der Waals surface area (Å²) in [5.74, 6) is -4.09. The van der Waals surface area contributed by atoms with E-state index in [1.54, 1.807) is 13.1 Å². The second-order valence-corrected chi connectivity index (χ2v) is 12.7.